The fourth-order valence-corrected chi connectivity index (χ4v) is 2.77. The minimum atomic E-state index is -0.942. The molecule has 2 N–H and O–H groups in total. The molecule has 5 nitrogen and oxygen atoms in total. The van der Waals surface area contributed by atoms with Crippen LogP contribution >= 0.6 is 0 Å². The highest BCUT2D eigenvalue weighted by atomic mass is 19.1. The number of amides is 1. The van der Waals surface area contributed by atoms with E-state index in [1.54, 1.807) is 33.8 Å². The van der Waals surface area contributed by atoms with Crippen LogP contribution in [-0.2, 0) is 4.74 Å². The predicted molar refractivity (Wildman–Crippen MR) is 88.8 cm³/mol. The maximum absolute atomic E-state index is 12.7. The zero-order chi connectivity index (χ0) is 17.9. The van der Waals surface area contributed by atoms with E-state index in [0.717, 1.165) is 5.56 Å². The molecule has 0 radical (unpaired) electrons. The summed E-state index contributed by atoms with van der Waals surface area (Å²) >= 11 is 0. The highest BCUT2D eigenvalue weighted by molar-refractivity contribution is 5.68. The van der Waals surface area contributed by atoms with Crippen molar-refractivity contribution in [1.29, 1.82) is 0 Å². The van der Waals surface area contributed by atoms with E-state index in [4.69, 9.17) is 9.47 Å². The highest BCUT2D eigenvalue weighted by Crippen LogP contribution is 2.39. The summed E-state index contributed by atoms with van der Waals surface area (Å²) in [6, 6.07) is 5.16. The van der Waals surface area contributed by atoms with Crippen LogP contribution in [0.15, 0.2) is 18.2 Å². The molecule has 1 aliphatic carbocycles. The topological polar surface area (TPSA) is 67.8 Å². The van der Waals surface area contributed by atoms with Crippen LogP contribution in [0.2, 0.25) is 0 Å². The summed E-state index contributed by atoms with van der Waals surface area (Å²) in [5.41, 5.74) is 1.11. The number of ether oxygens (including phenoxy) is 2. The average Bonchev–Trinajstić information content (AvgIpc) is 2.42. The first-order chi connectivity index (χ1) is 11.2. The van der Waals surface area contributed by atoms with Crippen molar-refractivity contribution in [3.8, 4) is 5.75 Å². The normalized spacial score (nSPS) is 21.6. The van der Waals surface area contributed by atoms with Gasteiger partial charge in [0.15, 0.2) is 0 Å². The van der Waals surface area contributed by atoms with Gasteiger partial charge in [0, 0.05) is 5.56 Å². The van der Waals surface area contributed by atoms with Crippen LogP contribution < -0.4 is 10.1 Å². The zero-order valence-corrected chi connectivity index (χ0v) is 14.6. The Labute approximate surface area is 142 Å². The van der Waals surface area contributed by atoms with Crippen LogP contribution in [-0.4, -0.2) is 29.8 Å². The van der Waals surface area contributed by atoms with Crippen LogP contribution in [0.5, 0.6) is 5.75 Å². The lowest BCUT2D eigenvalue weighted by atomic mass is 9.77. The molecule has 0 aliphatic heterocycles. The Balaban J connectivity index is 2.11. The minimum Gasteiger partial charge on any atom is -0.463 e. The molecule has 6 heteroatoms. The van der Waals surface area contributed by atoms with Gasteiger partial charge in [0.25, 0.3) is 0 Å². The molecule has 1 atom stereocenters. The van der Waals surface area contributed by atoms with Gasteiger partial charge in [-0.1, -0.05) is 12.1 Å². The Hall–Kier alpha value is -1.82. The number of alkyl halides is 1. The van der Waals surface area contributed by atoms with Crippen molar-refractivity contribution in [2.45, 2.75) is 64.2 Å². The van der Waals surface area contributed by atoms with E-state index in [1.807, 2.05) is 12.1 Å². The van der Waals surface area contributed by atoms with Crippen LogP contribution in [0.3, 0.4) is 0 Å². The molecule has 2 rings (SSSR count). The van der Waals surface area contributed by atoms with Gasteiger partial charge in [-0.15, -0.1) is 0 Å². The number of benzene rings is 1. The van der Waals surface area contributed by atoms with Crippen molar-refractivity contribution in [3.05, 3.63) is 29.3 Å². The highest BCUT2D eigenvalue weighted by Gasteiger charge is 2.29. The quantitative estimate of drug-likeness (QED) is 0.856. The van der Waals surface area contributed by atoms with E-state index in [1.165, 1.54) is 0 Å². The van der Waals surface area contributed by atoms with Gasteiger partial charge < -0.3 is 19.9 Å². The summed E-state index contributed by atoms with van der Waals surface area (Å²) < 4.78 is 23.1. The van der Waals surface area contributed by atoms with Gasteiger partial charge in [-0.3, -0.25) is 0 Å². The second kappa shape index (κ2) is 7.38. The smallest absolute Gasteiger partial charge is 0.408 e. The number of halogens is 1. The molecule has 0 saturated heterocycles. The first kappa shape index (κ1) is 18.5. The average molecular weight is 339 g/mol. The predicted octanol–water partition coefficient (Wildman–Crippen LogP) is 3.82. The van der Waals surface area contributed by atoms with Gasteiger partial charge in [0.1, 0.15) is 11.4 Å². The maximum Gasteiger partial charge on any atom is 0.408 e. The second-order valence-corrected chi connectivity index (χ2v) is 7.24. The fraction of sp³-hybridized carbons (Fsp3) is 0.611. The molecule has 1 aromatic carbocycles. The lowest BCUT2D eigenvalue weighted by Crippen LogP contribution is -2.34. The summed E-state index contributed by atoms with van der Waals surface area (Å²) in [5, 5.41) is 12.2. The number of carbonyl (C=O) groups excluding carboxylic acids is 1. The van der Waals surface area contributed by atoms with Crippen LogP contribution in [0.4, 0.5) is 9.18 Å². The fourth-order valence-electron chi connectivity index (χ4n) is 2.77. The molecule has 0 aromatic heterocycles. The number of nitrogens with one attached hydrogen (secondary N) is 1. The van der Waals surface area contributed by atoms with Gasteiger partial charge in [-0.25, -0.2) is 9.18 Å². The Kier molecular flexibility index (Phi) is 5.70. The Morgan fingerprint density at radius 2 is 2.08 bits per heavy atom. The minimum absolute atomic E-state index is 0.257. The van der Waals surface area contributed by atoms with Gasteiger partial charge in [-0.05, 0) is 58.1 Å². The number of carbonyl (C=O) groups is 1. The number of hydrogen-bond donors (Lipinski definition) is 2. The molecule has 1 saturated carbocycles. The van der Waals surface area contributed by atoms with E-state index in [2.05, 4.69) is 5.32 Å². The van der Waals surface area contributed by atoms with Crippen molar-refractivity contribution in [3.63, 3.8) is 0 Å². The Morgan fingerprint density at radius 3 is 2.62 bits per heavy atom. The first-order valence-electron chi connectivity index (χ1n) is 8.20. The van der Waals surface area contributed by atoms with Crippen molar-refractivity contribution in [2.24, 2.45) is 0 Å². The molecule has 1 amide bonds. The van der Waals surface area contributed by atoms with E-state index in [0.29, 0.717) is 24.2 Å². The molecule has 1 aliphatic rings. The third-order valence-corrected chi connectivity index (χ3v) is 4.03. The van der Waals surface area contributed by atoms with Gasteiger partial charge in [-0.2, -0.15) is 0 Å². The Morgan fingerprint density at radius 1 is 1.42 bits per heavy atom. The van der Waals surface area contributed by atoms with E-state index >= 15 is 0 Å². The number of hydrogen-bond acceptors (Lipinski definition) is 4. The van der Waals surface area contributed by atoms with E-state index in [-0.39, 0.29) is 18.1 Å². The molecule has 0 spiro atoms. The number of aliphatic hydroxyl groups excluding tert-OH is 1. The van der Waals surface area contributed by atoms with Crippen LogP contribution in [0.1, 0.15) is 63.6 Å². The maximum atomic E-state index is 12.7. The third-order valence-electron chi connectivity index (χ3n) is 4.03. The number of alkyl carbamates (subject to hydrolysis) is 1. The number of aliphatic hydroxyl groups is 1. The summed E-state index contributed by atoms with van der Waals surface area (Å²) in [7, 11) is 0. The molecule has 0 heterocycles. The standard InChI is InChI=1S/C18H26FNO4/c1-11(20-17(22)24-18(2,3)4)15-6-5-12(9-16(15)23-10-19)13-7-14(21)8-13/h5-6,9,11,13-14,21H,7-8,10H2,1-4H3,(H,20,22)/t11-,13?,14?/m0/s1. The summed E-state index contributed by atoms with van der Waals surface area (Å²) in [6.45, 7) is 6.21. The van der Waals surface area contributed by atoms with Crippen LogP contribution in [0, 0.1) is 0 Å². The van der Waals surface area contributed by atoms with Gasteiger partial charge >= 0.3 is 6.09 Å². The van der Waals surface area contributed by atoms with Crippen molar-refractivity contribution in [1.82, 2.24) is 5.32 Å². The summed E-state index contributed by atoms with van der Waals surface area (Å²) in [6.07, 6.45) is 0.626. The molecule has 1 aromatic rings. The van der Waals surface area contributed by atoms with Gasteiger partial charge in [0.2, 0.25) is 6.86 Å². The van der Waals surface area contributed by atoms with Crippen molar-refractivity contribution in [2.75, 3.05) is 6.86 Å². The second-order valence-electron chi connectivity index (χ2n) is 7.24. The molecule has 1 fully saturated rings. The Bertz CT molecular complexity index is 579. The molecule has 0 bridgehead atoms. The van der Waals surface area contributed by atoms with Gasteiger partial charge in [0.05, 0.1) is 12.1 Å². The zero-order valence-electron chi connectivity index (χ0n) is 14.6. The van der Waals surface area contributed by atoms with Crippen molar-refractivity contribution >= 4 is 6.09 Å². The molecule has 24 heavy (non-hydrogen) atoms. The lowest BCUT2D eigenvalue weighted by molar-refractivity contribution is 0.0506. The first-order valence-corrected chi connectivity index (χ1v) is 8.20. The monoisotopic (exact) mass is 339 g/mol. The molecule has 134 valence electrons. The third kappa shape index (κ3) is 4.84. The van der Waals surface area contributed by atoms with E-state index in [9.17, 15) is 14.3 Å². The summed E-state index contributed by atoms with van der Waals surface area (Å²) in [4.78, 5) is 11.9. The van der Waals surface area contributed by atoms with E-state index < -0.39 is 18.6 Å². The molecular formula is C18H26FNO4. The molecular weight excluding hydrogens is 313 g/mol. The largest absolute Gasteiger partial charge is 0.463 e. The lowest BCUT2D eigenvalue weighted by Gasteiger charge is -2.32. The molecule has 0 unspecified atom stereocenters. The number of rotatable bonds is 5. The van der Waals surface area contributed by atoms with Crippen LogP contribution in [0.25, 0.3) is 0 Å². The summed E-state index contributed by atoms with van der Waals surface area (Å²) in [5.74, 6) is 0.671. The SMILES string of the molecule is C[C@H](NC(=O)OC(C)(C)C)c1ccc(C2CC(O)C2)cc1OCF. The van der Waals surface area contributed by atoms with Crippen molar-refractivity contribution < 1.29 is 23.8 Å².